The van der Waals surface area contributed by atoms with Crippen molar-refractivity contribution in [3.05, 3.63) is 12.2 Å². The predicted molar refractivity (Wildman–Crippen MR) is 53.6 cm³/mol. The SMILES string of the molecule is Cn1cnc(CN2CC(CN)CC2=O)n1. The third-order valence-electron chi connectivity index (χ3n) is 2.61. The summed E-state index contributed by atoms with van der Waals surface area (Å²) in [5.41, 5.74) is 5.54. The van der Waals surface area contributed by atoms with Crippen LogP contribution < -0.4 is 5.73 Å². The first kappa shape index (κ1) is 10.1. The van der Waals surface area contributed by atoms with Gasteiger partial charge < -0.3 is 10.6 Å². The molecule has 1 aliphatic heterocycles. The van der Waals surface area contributed by atoms with E-state index < -0.39 is 0 Å². The van der Waals surface area contributed by atoms with Crippen molar-refractivity contribution in [2.45, 2.75) is 13.0 Å². The molecule has 1 unspecified atom stereocenters. The van der Waals surface area contributed by atoms with Crippen molar-refractivity contribution < 1.29 is 4.79 Å². The van der Waals surface area contributed by atoms with Crippen LogP contribution in [0.1, 0.15) is 12.2 Å². The van der Waals surface area contributed by atoms with E-state index in [0.717, 1.165) is 6.54 Å². The fourth-order valence-corrected chi connectivity index (χ4v) is 1.79. The van der Waals surface area contributed by atoms with Crippen molar-refractivity contribution in [3.63, 3.8) is 0 Å². The Bertz CT molecular complexity index is 361. The summed E-state index contributed by atoms with van der Waals surface area (Å²) in [4.78, 5) is 17.4. The lowest BCUT2D eigenvalue weighted by Crippen LogP contribution is -2.26. The molecule has 1 aliphatic rings. The van der Waals surface area contributed by atoms with Gasteiger partial charge in [0.2, 0.25) is 5.91 Å². The van der Waals surface area contributed by atoms with Crippen LogP contribution in [0.25, 0.3) is 0 Å². The zero-order chi connectivity index (χ0) is 10.8. The zero-order valence-electron chi connectivity index (χ0n) is 8.76. The Morgan fingerprint density at radius 1 is 1.67 bits per heavy atom. The fourth-order valence-electron chi connectivity index (χ4n) is 1.79. The van der Waals surface area contributed by atoms with Crippen LogP contribution in [-0.4, -0.2) is 38.7 Å². The minimum atomic E-state index is 0.151. The second-order valence-corrected chi connectivity index (χ2v) is 3.91. The monoisotopic (exact) mass is 209 g/mol. The third-order valence-corrected chi connectivity index (χ3v) is 2.61. The van der Waals surface area contributed by atoms with Crippen LogP contribution in [0.5, 0.6) is 0 Å². The second kappa shape index (κ2) is 3.98. The Hall–Kier alpha value is -1.43. The quantitative estimate of drug-likeness (QED) is 0.701. The Balaban J connectivity index is 1.98. The lowest BCUT2D eigenvalue weighted by molar-refractivity contribution is -0.128. The highest BCUT2D eigenvalue weighted by atomic mass is 16.2. The van der Waals surface area contributed by atoms with Crippen LogP contribution in [0.15, 0.2) is 6.33 Å². The molecule has 0 aromatic carbocycles. The van der Waals surface area contributed by atoms with Gasteiger partial charge in [-0.2, -0.15) is 5.10 Å². The molecule has 1 aromatic heterocycles. The van der Waals surface area contributed by atoms with Gasteiger partial charge in [-0.1, -0.05) is 0 Å². The summed E-state index contributed by atoms with van der Waals surface area (Å²) in [5, 5.41) is 4.14. The number of rotatable bonds is 3. The molecule has 6 nitrogen and oxygen atoms in total. The highest BCUT2D eigenvalue weighted by Crippen LogP contribution is 2.17. The number of hydrogen-bond acceptors (Lipinski definition) is 4. The van der Waals surface area contributed by atoms with Gasteiger partial charge in [-0.25, -0.2) is 4.98 Å². The number of nitrogens with two attached hydrogens (primary N) is 1. The summed E-state index contributed by atoms with van der Waals surface area (Å²) in [7, 11) is 1.81. The van der Waals surface area contributed by atoms with Crippen molar-refractivity contribution in [1.29, 1.82) is 0 Å². The van der Waals surface area contributed by atoms with Crippen LogP contribution in [0, 0.1) is 5.92 Å². The van der Waals surface area contributed by atoms with Gasteiger partial charge in [-0.15, -0.1) is 0 Å². The first-order valence-electron chi connectivity index (χ1n) is 5.01. The van der Waals surface area contributed by atoms with Crippen molar-refractivity contribution in [2.75, 3.05) is 13.1 Å². The second-order valence-electron chi connectivity index (χ2n) is 3.91. The van der Waals surface area contributed by atoms with E-state index in [0.29, 0.717) is 31.3 Å². The van der Waals surface area contributed by atoms with Gasteiger partial charge in [0.05, 0.1) is 6.54 Å². The normalized spacial score (nSPS) is 21.3. The van der Waals surface area contributed by atoms with Gasteiger partial charge in [-0.05, 0) is 12.5 Å². The maximum atomic E-state index is 11.6. The third kappa shape index (κ3) is 2.15. The van der Waals surface area contributed by atoms with Crippen LogP contribution in [0.4, 0.5) is 0 Å². The molecular formula is C9H15N5O. The molecule has 0 saturated carbocycles. The van der Waals surface area contributed by atoms with Gasteiger partial charge in [0.1, 0.15) is 6.33 Å². The molecule has 1 saturated heterocycles. The Kier molecular flexibility index (Phi) is 2.68. The maximum absolute atomic E-state index is 11.6. The van der Waals surface area contributed by atoms with E-state index in [1.807, 2.05) is 7.05 Å². The molecule has 0 spiro atoms. The van der Waals surface area contributed by atoms with E-state index in [9.17, 15) is 4.79 Å². The van der Waals surface area contributed by atoms with Crippen LogP contribution >= 0.6 is 0 Å². The molecule has 2 rings (SSSR count). The molecule has 0 radical (unpaired) electrons. The summed E-state index contributed by atoms with van der Waals surface area (Å²) in [6, 6.07) is 0. The molecule has 1 atom stereocenters. The van der Waals surface area contributed by atoms with Crippen molar-refractivity contribution in [1.82, 2.24) is 19.7 Å². The lowest BCUT2D eigenvalue weighted by atomic mass is 10.1. The van der Waals surface area contributed by atoms with E-state index in [-0.39, 0.29) is 5.91 Å². The minimum absolute atomic E-state index is 0.151. The Morgan fingerprint density at radius 2 is 2.47 bits per heavy atom. The first-order valence-corrected chi connectivity index (χ1v) is 5.01. The van der Waals surface area contributed by atoms with Gasteiger partial charge in [-0.3, -0.25) is 9.48 Å². The first-order chi connectivity index (χ1) is 7.19. The van der Waals surface area contributed by atoms with Crippen LogP contribution in [-0.2, 0) is 18.4 Å². The molecule has 0 bridgehead atoms. The van der Waals surface area contributed by atoms with Crippen molar-refractivity contribution >= 4 is 5.91 Å². The summed E-state index contributed by atoms with van der Waals surface area (Å²) in [6.07, 6.45) is 2.19. The van der Waals surface area contributed by atoms with E-state index in [2.05, 4.69) is 10.1 Å². The van der Waals surface area contributed by atoms with Crippen LogP contribution in [0.3, 0.4) is 0 Å². The summed E-state index contributed by atoms with van der Waals surface area (Å²) < 4.78 is 1.64. The highest BCUT2D eigenvalue weighted by Gasteiger charge is 2.29. The highest BCUT2D eigenvalue weighted by molar-refractivity contribution is 5.78. The largest absolute Gasteiger partial charge is 0.335 e. The summed E-state index contributed by atoms with van der Waals surface area (Å²) in [6.45, 7) is 1.79. The molecule has 6 heteroatoms. The number of aryl methyl sites for hydroxylation is 1. The Labute approximate surface area is 88.1 Å². The van der Waals surface area contributed by atoms with Crippen molar-refractivity contribution in [2.24, 2.45) is 18.7 Å². The number of amides is 1. The van der Waals surface area contributed by atoms with Gasteiger partial charge in [0.15, 0.2) is 5.82 Å². The van der Waals surface area contributed by atoms with Crippen LogP contribution in [0.2, 0.25) is 0 Å². The van der Waals surface area contributed by atoms with Gasteiger partial charge in [0.25, 0.3) is 0 Å². The predicted octanol–water partition coefficient (Wildman–Crippen LogP) is -0.878. The maximum Gasteiger partial charge on any atom is 0.223 e. The zero-order valence-corrected chi connectivity index (χ0v) is 8.76. The molecule has 1 amide bonds. The molecule has 82 valence electrons. The Morgan fingerprint density at radius 3 is 3.00 bits per heavy atom. The number of nitrogens with zero attached hydrogens (tertiary/aromatic N) is 4. The average molecular weight is 209 g/mol. The summed E-state index contributed by atoms with van der Waals surface area (Å²) >= 11 is 0. The van der Waals surface area contributed by atoms with E-state index >= 15 is 0 Å². The molecule has 2 heterocycles. The number of hydrogen-bond donors (Lipinski definition) is 1. The fraction of sp³-hybridized carbons (Fsp3) is 0.667. The minimum Gasteiger partial charge on any atom is -0.335 e. The number of carbonyl (C=O) groups excluding carboxylic acids is 1. The van der Waals surface area contributed by atoms with Gasteiger partial charge >= 0.3 is 0 Å². The smallest absolute Gasteiger partial charge is 0.223 e. The molecule has 2 N–H and O–H groups in total. The van der Waals surface area contributed by atoms with Crippen molar-refractivity contribution in [3.8, 4) is 0 Å². The molecule has 0 aliphatic carbocycles. The molecule has 15 heavy (non-hydrogen) atoms. The number of likely N-dealkylation sites (tertiary alicyclic amines) is 1. The number of aromatic nitrogens is 3. The molecule has 1 aromatic rings. The molecular weight excluding hydrogens is 194 g/mol. The summed E-state index contributed by atoms with van der Waals surface area (Å²) in [5.74, 6) is 1.13. The van der Waals surface area contributed by atoms with E-state index in [1.165, 1.54) is 0 Å². The van der Waals surface area contributed by atoms with Gasteiger partial charge in [0, 0.05) is 20.0 Å². The average Bonchev–Trinajstić information content (AvgIpc) is 2.75. The van der Waals surface area contributed by atoms with E-state index in [1.54, 1.807) is 15.9 Å². The standard InChI is InChI=1S/C9H15N5O/c1-13-6-11-8(12-13)5-14-4-7(3-10)2-9(14)15/h6-7H,2-5,10H2,1H3. The van der Waals surface area contributed by atoms with E-state index in [4.69, 9.17) is 5.73 Å². The molecule has 1 fully saturated rings. The topological polar surface area (TPSA) is 77.0 Å². The number of carbonyl (C=O) groups is 1. The lowest BCUT2D eigenvalue weighted by Gasteiger charge is -2.13.